The number of nitrogens with zero attached hydrogens (tertiary/aromatic N) is 3. The number of rotatable bonds is 3. The molecule has 1 fully saturated rings. The minimum atomic E-state index is -0.975. The molecule has 4 aliphatic rings. The van der Waals surface area contributed by atoms with Crippen molar-refractivity contribution in [3.05, 3.63) is 53.7 Å². The van der Waals surface area contributed by atoms with E-state index in [1.165, 1.54) is 13.2 Å². The Morgan fingerprint density at radius 2 is 2.03 bits per heavy atom. The predicted octanol–water partition coefficient (Wildman–Crippen LogP) is -0.201. The van der Waals surface area contributed by atoms with Gasteiger partial charge in [-0.3, -0.25) is 0 Å². The molecule has 2 amide bonds. The Bertz CT molecular complexity index is 1390. The van der Waals surface area contributed by atoms with Gasteiger partial charge in [-0.1, -0.05) is 0 Å². The normalized spacial score (nSPS) is 21.3. The maximum absolute atomic E-state index is 14.5. The Hall–Kier alpha value is -3.39. The number of alkyl halides is 1. The number of carbonyl (C=O) groups is 2. The monoisotopic (exact) mass is 633 g/mol. The summed E-state index contributed by atoms with van der Waals surface area (Å²) >= 11 is -0.975. The van der Waals surface area contributed by atoms with Crippen LogP contribution in [0.3, 0.4) is 0 Å². The van der Waals surface area contributed by atoms with E-state index in [1.54, 1.807) is 24.5 Å². The first-order valence-corrected chi connectivity index (χ1v) is 14.7. The molecule has 3 aromatic rings. The topological polar surface area (TPSA) is 112 Å². The number of hydrogen-bond donors (Lipinski definition) is 3. The van der Waals surface area contributed by atoms with Crippen LogP contribution in [0.15, 0.2) is 36.7 Å². The summed E-state index contributed by atoms with van der Waals surface area (Å²) in [6.07, 6.45) is 3.82. The van der Waals surface area contributed by atoms with Crippen LogP contribution < -0.4 is 41.3 Å². The predicted molar refractivity (Wildman–Crippen MR) is 134 cm³/mol. The molecule has 2 aromatic heterocycles. The molecule has 38 heavy (non-hydrogen) atoms. The van der Waals surface area contributed by atoms with Gasteiger partial charge in [-0.05, 0) is 0 Å². The Kier molecular flexibility index (Phi) is 6.82. The standard InChI is InChI=1S/C26H27FIN6O4/c1-37-24-16(27)3-2-4-17(24)30-23-21-18-13-20(32-25(21)35)28-26(36)34-9-7-33(8-10-34)11-12-38-19-14-29-6-5-15(19)22(23)31-18/h2-6,14,20,30-31H,7-13H2,1H3,(H,32,35)/q-1/t20-/m0/s1. The van der Waals surface area contributed by atoms with Crippen molar-refractivity contribution >= 4 is 21.2 Å². The van der Waals surface area contributed by atoms with Crippen molar-refractivity contribution in [3.63, 3.8) is 0 Å². The van der Waals surface area contributed by atoms with Gasteiger partial charge in [-0.25, -0.2) is 0 Å². The van der Waals surface area contributed by atoms with Crippen LogP contribution in [0.2, 0.25) is 0 Å². The summed E-state index contributed by atoms with van der Waals surface area (Å²) in [7, 11) is 1.40. The van der Waals surface area contributed by atoms with Crippen molar-refractivity contribution in [2.24, 2.45) is 0 Å². The number of nitrogens with one attached hydrogen (secondary N) is 3. The van der Waals surface area contributed by atoms with Crippen LogP contribution in [0.4, 0.5) is 20.6 Å². The van der Waals surface area contributed by atoms with Crippen molar-refractivity contribution in [1.29, 1.82) is 0 Å². The van der Waals surface area contributed by atoms with Crippen molar-refractivity contribution in [2.45, 2.75) is 10.5 Å². The molecule has 1 aromatic carbocycles. The van der Waals surface area contributed by atoms with Gasteiger partial charge in [0.2, 0.25) is 0 Å². The van der Waals surface area contributed by atoms with E-state index in [0.29, 0.717) is 54.5 Å². The number of fused-ring (bicyclic) bond motifs is 5. The Morgan fingerprint density at radius 3 is 2.84 bits per heavy atom. The second kappa shape index (κ2) is 10.4. The number of aromatic amines is 1. The number of methoxy groups -OCH3 is 1. The van der Waals surface area contributed by atoms with Crippen LogP contribution in [-0.2, 0) is 6.42 Å². The van der Waals surface area contributed by atoms with Gasteiger partial charge in [0, 0.05) is 0 Å². The van der Waals surface area contributed by atoms with E-state index >= 15 is 0 Å². The average Bonchev–Trinajstić information content (AvgIpc) is 3.27. The van der Waals surface area contributed by atoms with Crippen LogP contribution in [-0.4, -0.2) is 80.1 Å². The number of anilines is 2. The van der Waals surface area contributed by atoms with Crippen LogP contribution in [0.1, 0.15) is 16.1 Å². The van der Waals surface area contributed by atoms with Crippen molar-refractivity contribution in [2.75, 3.05) is 51.8 Å². The molecule has 6 heterocycles. The molecule has 1 saturated heterocycles. The third-order valence-corrected chi connectivity index (χ3v) is 9.69. The number of benzene rings is 1. The number of piperazine rings is 1. The van der Waals surface area contributed by atoms with Crippen molar-refractivity contribution in [3.8, 4) is 22.8 Å². The molecular weight excluding hydrogens is 606 g/mol. The first-order chi connectivity index (χ1) is 18.5. The van der Waals surface area contributed by atoms with E-state index in [0.717, 1.165) is 30.9 Å². The minimum absolute atomic E-state index is 0.0436. The zero-order chi connectivity index (χ0) is 26.2. The van der Waals surface area contributed by atoms with Gasteiger partial charge in [0.15, 0.2) is 0 Å². The fourth-order valence-electron chi connectivity index (χ4n) is 5.06. The third-order valence-electron chi connectivity index (χ3n) is 6.97. The fraction of sp³-hybridized carbons (Fsp3) is 0.346. The van der Waals surface area contributed by atoms with Gasteiger partial charge in [-0.2, -0.15) is 0 Å². The van der Waals surface area contributed by atoms with Gasteiger partial charge < -0.3 is 0 Å². The van der Waals surface area contributed by atoms with E-state index in [2.05, 4.69) is 25.5 Å². The molecule has 7 rings (SSSR count). The van der Waals surface area contributed by atoms with Gasteiger partial charge >= 0.3 is 230 Å². The molecule has 200 valence electrons. The maximum atomic E-state index is 14.5. The summed E-state index contributed by atoms with van der Waals surface area (Å²) in [6.45, 7) is 4.12. The van der Waals surface area contributed by atoms with E-state index in [-0.39, 0.29) is 19.6 Å². The number of aromatic nitrogens is 2. The van der Waals surface area contributed by atoms with Gasteiger partial charge in [-0.15, -0.1) is 0 Å². The Balaban J connectivity index is 1.47. The molecular formula is C26H27FIN6O4-. The number of halogens is 2. The van der Waals surface area contributed by atoms with Crippen LogP contribution in [0.5, 0.6) is 11.5 Å². The molecule has 0 saturated carbocycles. The number of hydrogen-bond acceptors (Lipinski definition) is 7. The van der Waals surface area contributed by atoms with Gasteiger partial charge in [0.25, 0.3) is 0 Å². The van der Waals surface area contributed by atoms with Crippen molar-refractivity contribution in [1.82, 2.24) is 25.1 Å². The number of ether oxygens (including phenoxy) is 2. The second-order valence-corrected chi connectivity index (χ2v) is 12.3. The van der Waals surface area contributed by atoms with E-state index in [1.807, 2.05) is 11.0 Å². The Labute approximate surface area is 229 Å². The second-order valence-electron chi connectivity index (χ2n) is 9.23. The Morgan fingerprint density at radius 1 is 1.18 bits per heavy atom. The van der Waals surface area contributed by atoms with Crippen LogP contribution in [0, 0.1) is 5.82 Å². The summed E-state index contributed by atoms with van der Waals surface area (Å²) in [6, 6.07) is 6.41. The first-order valence-electron chi connectivity index (χ1n) is 12.4. The van der Waals surface area contributed by atoms with Crippen molar-refractivity contribution < 1.29 is 44.7 Å². The summed E-state index contributed by atoms with van der Waals surface area (Å²) in [4.78, 5) is 38.5. The molecule has 10 nitrogen and oxygen atoms in total. The molecule has 0 spiro atoms. The third kappa shape index (κ3) is 4.66. The molecule has 12 heteroatoms. The van der Waals surface area contributed by atoms with Gasteiger partial charge in [0.1, 0.15) is 0 Å². The van der Waals surface area contributed by atoms with Gasteiger partial charge in [0.05, 0.1) is 0 Å². The zero-order valence-corrected chi connectivity index (χ0v) is 22.9. The molecule has 0 unspecified atom stereocenters. The molecule has 3 N–H and O–H groups in total. The zero-order valence-electron chi connectivity index (χ0n) is 20.7. The van der Waals surface area contributed by atoms with E-state index in [9.17, 15) is 14.0 Å². The summed E-state index contributed by atoms with van der Waals surface area (Å²) in [5, 5.41) is 6.32. The number of para-hydroxylation sites is 1. The van der Waals surface area contributed by atoms with Crippen LogP contribution >= 0.6 is 0 Å². The summed E-state index contributed by atoms with van der Waals surface area (Å²) < 4.78 is 25.9. The molecule has 0 radical (unpaired) electrons. The van der Waals surface area contributed by atoms with E-state index in [4.69, 9.17) is 9.47 Å². The quantitative estimate of drug-likeness (QED) is 0.159. The number of amides is 2. The SMILES string of the molecule is COc1c(F)cccc1Nc1c2[nH]c3c1C(=O)N[C@@H](C3)[I-]C(=O)N1CCN(CCOc3cnccc3-2)CC1. The molecule has 4 aliphatic heterocycles. The fourth-order valence-corrected chi connectivity index (χ4v) is 7.68. The molecule has 1 atom stereocenters. The molecule has 0 aliphatic carbocycles. The van der Waals surface area contributed by atoms with Crippen LogP contribution in [0.25, 0.3) is 11.3 Å². The number of pyridine rings is 1. The summed E-state index contributed by atoms with van der Waals surface area (Å²) in [5.74, 6) is -0.183. The van der Waals surface area contributed by atoms with E-state index < -0.39 is 27.0 Å². The first kappa shape index (κ1) is 24.9. The summed E-state index contributed by atoms with van der Waals surface area (Å²) in [5.41, 5.74) is 3.36. The molecule has 5 bridgehead atoms. The average molecular weight is 633 g/mol. The number of H-pyrrole nitrogens is 1. The number of carbonyl (C=O) groups excluding carboxylic acids is 2.